The third kappa shape index (κ3) is 2.55. The number of nitrogens with zero attached hydrogens (tertiary/aromatic N) is 3. The summed E-state index contributed by atoms with van der Waals surface area (Å²) in [5, 5.41) is 1.28. The highest BCUT2D eigenvalue weighted by Crippen LogP contribution is 2.31. The van der Waals surface area contributed by atoms with Crippen molar-refractivity contribution in [2.24, 2.45) is 0 Å². The van der Waals surface area contributed by atoms with Gasteiger partial charge < -0.3 is 4.90 Å². The van der Waals surface area contributed by atoms with Gasteiger partial charge in [0.05, 0.1) is 0 Å². The van der Waals surface area contributed by atoms with Gasteiger partial charge in [0, 0.05) is 18.7 Å². The first-order chi connectivity index (χ1) is 7.24. The fraction of sp³-hybridized carbons (Fsp3) is 0.600. The number of thioether (sulfide) groups is 1. The summed E-state index contributed by atoms with van der Waals surface area (Å²) in [6.07, 6.45) is 4.50. The summed E-state index contributed by atoms with van der Waals surface area (Å²) in [6.45, 7) is 3.12. The quantitative estimate of drug-likeness (QED) is 0.462. The Morgan fingerprint density at radius 1 is 1.53 bits per heavy atom. The molecule has 5 heteroatoms. The molecule has 1 aliphatic rings. The summed E-state index contributed by atoms with van der Waals surface area (Å²) >= 11 is 7.49. The van der Waals surface area contributed by atoms with Gasteiger partial charge in [-0.3, -0.25) is 0 Å². The van der Waals surface area contributed by atoms with Crippen molar-refractivity contribution in [1.29, 1.82) is 0 Å². The Labute approximate surface area is 99.2 Å². The minimum atomic E-state index is 0.531. The smallest absolute Gasteiger partial charge is 0.190 e. The second kappa shape index (κ2) is 4.58. The molecule has 0 radical (unpaired) electrons. The second-order valence-electron chi connectivity index (χ2n) is 3.55. The Morgan fingerprint density at radius 3 is 2.80 bits per heavy atom. The first kappa shape index (κ1) is 11.0. The molecule has 1 aromatic rings. The fourth-order valence-corrected chi connectivity index (χ4v) is 2.22. The molecule has 15 heavy (non-hydrogen) atoms. The maximum Gasteiger partial charge on any atom is 0.190 e. The molecular formula is C10H14ClN3S. The van der Waals surface area contributed by atoms with Crippen LogP contribution in [0.3, 0.4) is 0 Å². The minimum Gasteiger partial charge on any atom is -0.354 e. The number of aromatic nitrogens is 2. The largest absolute Gasteiger partial charge is 0.354 e. The van der Waals surface area contributed by atoms with Crippen molar-refractivity contribution >= 4 is 29.2 Å². The van der Waals surface area contributed by atoms with Crippen LogP contribution < -0.4 is 4.90 Å². The maximum absolute atomic E-state index is 5.96. The summed E-state index contributed by atoms with van der Waals surface area (Å²) in [5.41, 5.74) is 0. The van der Waals surface area contributed by atoms with Gasteiger partial charge in [0.15, 0.2) is 5.16 Å². The van der Waals surface area contributed by atoms with E-state index >= 15 is 0 Å². The van der Waals surface area contributed by atoms with Crippen LogP contribution in [0.15, 0.2) is 11.2 Å². The van der Waals surface area contributed by atoms with Crippen molar-refractivity contribution in [2.75, 3.05) is 17.7 Å². The van der Waals surface area contributed by atoms with Crippen molar-refractivity contribution < 1.29 is 0 Å². The summed E-state index contributed by atoms with van der Waals surface area (Å²) in [7, 11) is 0. The van der Waals surface area contributed by atoms with Crippen molar-refractivity contribution in [3.8, 4) is 0 Å². The number of hydrogen-bond donors (Lipinski definition) is 0. The van der Waals surface area contributed by atoms with Gasteiger partial charge >= 0.3 is 0 Å². The molecule has 0 aromatic carbocycles. The van der Waals surface area contributed by atoms with Crippen molar-refractivity contribution in [3.05, 3.63) is 11.2 Å². The summed E-state index contributed by atoms with van der Waals surface area (Å²) < 4.78 is 0. The first-order valence-electron chi connectivity index (χ1n) is 5.09. The molecule has 1 heterocycles. The monoisotopic (exact) mass is 243 g/mol. The van der Waals surface area contributed by atoms with E-state index in [2.05, 4.69) is 21.8 Å². The molecule has 0 unspecified atom stereocenters. The van der Waals surface area contributed by atoms with Gasteiger partial charge in [0.1, 0.15) is 11.0 Å². The highest BCUT2D eigenvalue weighted by Gasteiger charge is 2.29. The SMILES string of the molecule is CCN(c1cc(Cl)nc(SC)n1)C1CC1. The molecular weight excluding hydrogens is 230 g/mol. The Bertz CT molecular complexity index is 355. The average Bonchev–Trinajstić information content (AvgIpc) is 3.02. The zero-order chi connectivity index (χ0) is 10.8. The van der Waals surface area contributed by atoms with E-state index in [0.29, 0.717) is 11.2 Å². The lowest BCUT2D eigenvalue weighted by atomic mass is 10.4. The van der Waals surface area contributed by atoms with Crippen LogP contribution in [0.4, 0.5) is 5.82 Å². The molecule has 0 saturated heterocycles. The van der Waals surface area contributed by atoms with Crippen LogP contribution >= 0.6 is 23.4 Å². The van der Waals surface area contributed by atoms with Crippen LogP contribution in [0.2, 0.25) is 5.15 Å². The normalized spacial score (nSPS) is 15.4. The topological polar surface area (TPSA) is 29.0 Å². The molecule has 0 atom stereocenters. The lowest BCUT2D eigenvalue weighted by Crippen LogP contribution is -2.26. The van der Waals surface area contributed by atoms with Gasteiger partial charge in [-0.25, -0.2) is 9.97 Å². The molecule has 1 saturated carbocycles. The number of rotatable bonds is 4. The van der Waals surface area contributed by atoms with E-state index in [4.69, 9.17) is 11.6 Å². The van der Waals surface area contributed by atoms with E-state index in [-0.39, 0.29) is 0 Å². The van der Waals surface area contributed by atoms with Gasteiger partial charge in [-0.1, -0.05) is 23.4 Å². The number of hydrogen-bond acceptors (Lipinski definition) is 4. The average molecular weight is 244 g/mol. The van der Waals surface area contributed by atoms with E-state index < -0.39 is 0 Å². The van der Waals surface area contributed by atoms with E-state index in [1.807, 2.05) is 12.3 Å². The molecule has 2 rings (SSSR count). The van der Waals surface area contributed by atoms with Crippen LogP contribution in [0.1, 0.15) is 19.8 Å². The zero-order valence-electron chi connectivity index (χ0n) is 8.90. The molecule has 82 valence electrons. The molecule has 3 nitrogen and oxygen atoms in total. The first-order valence-corrected chi connectivity index (χ1v) is 6.70. The lowest BCUT2D eigenvalue weighted by Gasteiger charge is -2.21. The fourth-order valence-electron chi connectivity index (χ4n) is 1.62. The summed E-state index contributed by atoms with van der Waals surface area (Å²) in [6, 6.07) is 2.51. The Balaban J connectivity index is 2.28. The van der Waals surface area contributed by atoms with Crippen LogP contribution in [0, 0.1) is 0 Å². The zero-order valence-corrected chi connectivity index (χ0v) is 10.5. The summed E-state index contributed by atoms with van der Waals surface area (Å²) in [4.78, 5) is 10.9. The Hall–Kier alpha value is -0.480. The highest BCUT2D eigenvalue weighted by atomic mass is 35.5. The third-order valence-corrected chi connectivity index (χ3v) is 3.21. The Morgan fingerprint density at radius 2 is 2.27 bits per heavy atom. The molecule has 0 bridgehead atoms. The number of halogens is 1. The minimum absolute atomic E-state index is 0.531. The third-order valence-electron chi connectivity index (χ3n) is 2.47. The van der Waals surface area contributed by atoms with Crippen LogP contribution in [0.25, 0.3) is 0 Å². The maximum atomic E-state index is 5.96. The molecule has 0 amide bonds. The molecule has 0 N–H and O–H groups in total. The summed E-state index contributed by atoms with van der Waals surface area (Å²) in [5.74, 6) is 0.962. The van der Waals surface area contributed by atoms with Gasteiger partial charge in [0.25, 0.3) is 0 Å². The van der Waals surface area contributed by atoms with Crippen LogP contribution in [-0.4, -0.2) is 28.8 Å². The van der Waals surface area contributed by atoms with Gasteiger partial charge in [-0.15, -0.1) is 0 Å². The number of anilines is 1. The standard InChI is InChI=1S/C10H14ClN3S/c1-3-14(7-4-5-7)9-6-8(11)12-10(13-9)15-2/h6-7H,3-5H2,1-2H3. The van der Waals surface area contributed by atoms with Gasteiger partial charge in [0.2, 0.25) is 0 Å². The molecule has 0 spiro atoms. The van der Waals surface area contributed by atoms with Crippen LogP contribution in [-0.2, 0) is 0 Å². The lowest BCUT2D eigenvalue weighted by molar-refractivity contribution is 0.788. The predicted molar refractivity (Wildman–Crippen MR) is 64.9 cm³/mol. The van der Waals surface area contributed by atoms with E-state index in [9.17, 15) is 0 Å². The van der Waals surface area contributed by atoms with Gasteiger partial charge in [-0.05, 0) is 26.0 Å². The highest BCUT2D eigenvalue weighted by molar-refractivity contribution is 7.98. The van der Waals surface area contributed by atoms with Crippen molar-refractivity contribution in [1.82, 2.24) is 9.97 Å². The molecule has 1 aromatic heterocycles. The van der Waals surface area contributed by atoms with E-state index in [0.717, 1.165) is 17.5 Å². The van der Waals surface area contributed by atoms with E-state index in [1.54, 1.807) is 0 Å². The molecule has 0 aliphatic heterocycles. The molecule has 1 aliphatic carbocycles. The van der Waals surface area contributed by atoms with Crippen LogP contribution in [0.5, 0.6) is 0 Å². The van der Waals surface area contributed by atoms with Crippen molar-refractivity contribution in [2.45, 2.75) is 31.0 Å². The Kier molecular flexibility index (Phi) is 3.36. The van der Waals surface area contributed by atoms with Crippen molar-refractivity contribution in [3.63, 3.8) is 0 Å². The van der Waals surface area contributed by atoms with Gasteiger partial charge in [-0.2, -0.15) is 0 Å². The predicted octanol–water partition coefficient (Wildman–Crippen LogP) is 2.84. The molecule has 1 fully saturated rings. The second-order valence-corrected chi connectivity index (χ2v) is 4.71. The van der Waals surface area contributed by atoms with E-state index in [1.165, 1.54) is 24.6 Å².